The van der Waals surface area contributed by atoms with Crippen molar-refractivity contribution < 1.29 is 0 Å². The topological polar surface area (TPSA) is 50.9 Å². The molecule has 82 valence electrons. The van der Waals surface area contributed by atoms with Crippen LogP contribution in [0.1, 0.15) is 30.7 Å². The van der Waals surface area contributed by atoms with Crippen molar-refractivity contribution in [2.45, 2.75) is 45.2 Å². The van der Waals surface area contributed by atoms with Crippen LogP contribution in [0.5, 0.6) is 0 Å². The molecule has 0 aromatic carbocycles. The Morgan fingerprint density at radius 1 is 1.33 bits per heavy atom. The quantitative estimate of drug-likeness (QED) is 0.776. The van der Waals surface area contributed by atoms with Gasteiger partial charge in [0, 0.05) is 17.8 Å². The van der Waals surface area contributed by atoms with Crippen LogP contribution in [-0.2, 0) is 0 Å². The van der Waals surface area contributed by atoms with Gasteiger partial charge in [-0.2, -0.15) is 0 Å². The molecule has 2 unspecified atom stereocenters. The molecule has 0 radical (unpaired) electrons. The summed E-state index contributed by atoms with van der Waals surface area (Å²) in [7, 11) is 0. The SMILES string of the molecule is Cc1ccc(NC2CCC(N)C2)c(C)n1. The summed E-state index contributed by atoms with van der Waals surface area (Å²) in [6.07, 6.45) is 3.39. The molecule has 0 aliphatic heterocycles. The van der Waals surface area contributed by atoms with Gasteiger partial charge in [-0.15, -0.1) is 0 Å². The molecular weight excluding hydrogens is 186 g/mol. The van der Waals surface area contributed by atoms with Crippen molar-refractivity contribution in [1.29, 1.82) is 0 Å². The van der Waals surface area contributed by atoms with Crippen LogP contribution in [0.4, 0.5) is 5.69 Å². The summed E-state index contributed by atoms with van der Waals surface area (Å²) in [4.78, 5) is 4.44. The molecule has 3 N–H and O–H groups in total. The molecule has 1 aromatic rings. The smallest absolute Gasteiger partial charge is 0.0606 e. The predicted octanol–water partition coefficient (Wildman–Crippen LogP) is 1.99. The number of anilines is 1. The molecular formula is C12H19N3. The lowest BCUT2D eigenvalue weighted by Crippen LogP contribution is -2.21. The first-order valence-electron chi connectivity index (χ1n) is 5.61. The summed E-state index contributed by atoms with van der Waals surface area (Å²) in [6, 6.07) is 5.07. The van der Waals surface area contributed by atoms with E-state index in [0.717, 1.165) is 29.9 Å². The van der Waals surface area contributed by atoms with E-state index >= 15 is 0 Å². The van der Waals surface area contributed by atoms with E-state index in [0.29, 0.717) is 12.1 Å². The maximum absolute atomic E-state index is 5.89. The summed E-state index contributed by atoms with van der Waals surface area (Å²) >= 11 is 0. The molecule has 1 aliphatic carbocycles. The number of pyridine rings is 1. The number of nitrogens with one attached hydrogen (secondary N) is 1. The maximum Gasteiger partial charge on any atom is 0.0606 e. The Morgan fingerprint density at radius 2 is 2.13 bits per heavy atom. The van der Waals surface area contributed by atoms with E-state index in [2.05, 4.69) is 16.4 Å². The number of hydrogen-bond donors (Lipinski definition) is 2. The van der Waals surface area contributed by atoms with E-state index in [9.17, 15) is 0 Å². The van der Waals surface area contributed by atoms with Gasteiger partial charge in [-0.25, -0.2) is 0 Å². The summed E-state index contributed by atoms with van der Waals surface area (Å²) in [5, 5.41) is 3.52. The molecule has 1 heterocycles. The second-order valence-electron chi connectivity index (χ2n) is 4.50. The molecule has 3 heteroatoms. The molecule has 0 saturated heterocycles. The molecule has 0 spiro atoms. The predicted molar refractivity (Wildman–Crippen MR) is 62.9 cm³/mol. The fourth-order valence-electron chi connectivity index (χ4n) is 2.21. The van der Waals surface area contributed by atoms with Gasteiger partial charge in [-0.1, -0.05) is 0 Å². The Kier molecular flexibility index (Phi) is 2.91. The molecule has 0 amide bonds. The van der Waals surface area contributed by atoms with Crippen molar-refractivity contribution in [3.05, 3.63) is 23.5 Å². The van der Waals surface area contributed by atoms with Gasteiger partial charge in [0.05, 0.1) is 11.4 Å². The van der Waals surface area contributed by atoms with Gasteiger partial charge in [0.2, 0.25) is 0 Å². The normalized spacial score (nSPS) is 25.5. The summed E-state index contributed by atoms with van der Waals surface area (Å²) in [5.41, 5.74) is 9.19. The van der Waals surface area contributed by atoms with Crippen molar-refractivity contribution >= 4 is 5.69 Å². The highest BCUT2D eigenvalue weighted by molar-refractivity contribution is 5.48. The number of nitrogens with zero attached hydrogens (tertiary/aromatic N) is 1. The Morgan fingerprint density at radius 3 is 2.73 bits per heavy atom. The third-order valence-corrected chi connectivity index (χ3v) is 3.06. The van der Waals surface area contributed by atoms with Gasteiger partial charge < -0.3 is 11.1 Å². The lowest BCUT2D eigenvalue weighted by molar-refractivity contribution is 0.687. The Hall–Kier alpha value is -1.09. The number of hydrogen-bond acceptors (Lipinski definition) is 3. The van der Waals surface area contributed by atoms with Crippen LogP contribution in [0.3, 0.4) is 0 Å². The van der Waals surface area contributed by atoms with Crippen molar-refractivity contribution in [3.63, 3.8) is 0 Å². The average Bonchev–Trinajstić information content (AvgIpc) is 2.56. The molecule has 1 saturated carbocycles. The molecule has 0 bridgehead atoms. The van der Waals surface area contributed by atoms with Crippen LogP contribution in [0, 0.1) is 13.8 Å². The van der Waals surface area contributed by atoms with Gasteiger partial charge in [-0.3, -0.25) is 4.98 Å². The van der Waals surface area contributed by atoms with Gasteiger partial charge in [-0.05, 0) is 45.2 Å². The lowest BCUT2D eigenvalue weighted by atomic mass is 10.2. The largest absolute Gasteiger partial charge is 0.381 e. The van der Waals surface area contributed by atoms with Gasteiger partial charge >= 0.3 is 0 Å². The van der Waals surface area contributed by atoms with Crippen LogP contribution in [0.15, 0.2) is 12.1 Å². The number of nitrogens with two attached hydrogens (primary N) is 1. The monoisotopic (exact) mass is 205 g/mol. The number of rotatable bonds is 2. The van der Waals surface area contributed by atoms with Gasteiger partial charge in [0.15, 0.2) is 0 Å². The summed E-state index contributed by atoms with van der Waals surface area (Å²) in [6.45, 7) is 4.06. The zero-order valence-electron chi connectivity index (χ0n) is 9.46. The lowest BCUT2D eigenvalue weighted by Gasteiger charge is -2.15. The van der Waals surface area contributed by atoms with E-state index in [1.165, 1.54) is 6.42 Å². The van der Waals surface area contributed by atoms with Crippen LogP contribution >= 0.6 is 0 Å². The number of aryl methyl sites for hydroxylation is 2. The molecule has 1 aliphatic rings. The minimum Gasteiger partial charge on any atom is -0.381 e. The Balaban J connectivity index is 2.04. The molecule has 15 heavy (non-hydrogen) atoms. The van der Waals surface area contributed by atoms with E-state index < -0.39 is 0 Å². The van der Waals surface area contributed by atoms with Crippen molar-refractivity contribution in [1.82, 2.24) is 4.98 Å². The third-order valence-electron chi connectivity index (χ3n) is 3.06. The molecule has 2 atom stereocenters. The van der Waals surface area contributed by atoms with E-state index in [1.54, 1.807) is 0 Å². The Bertz CT molecular complexity index is 349. The zero-order chi connectivity index (χ0) is 10.8. The van der Waals surface area contributed by atoms with Crippen molar-refractivity contribution in [2.24, 2.45) is 5.73 Å². The fourth-order valence-corrected chi connectivity index (χ4v) is 2.21. The number of aromatic nitrogens is 1. The van der Waals surface area contributed by atoms with E-state index in [4.69, 9.17) is 5.73 Å². The molecule has 2 rings (SSSR count). The molecule has 3 nitrogen and oxygen atoms in total. The summed E-state index contributed by atoms with van der Waals surface area (Å²) in [5.74, 6) is 0. The van der Waals surface area contributed by atoms with Crippen LogP contribution in [-0.4, -0.2) is 17.1 Å². The average molecular weight is 205 g/mol. The Labute approximate surface area is 91.1 Å². The highest BCUT2D eigenvalue weighted by Crippen LogP contribution is 2.23. The minimum absolute atomic E-state index is 0.376. The van der Waals surface area contributed by atoms with E-state index in [1.807, 2.05) is 19.9 Å². The van der Waals surface area contributed by atoms with Crippen LogP contribution in [0.25, 0.3) is 0 Å². The third kappa shape index (κ3) is 2.48. The van der Waals surface area contributed by atoms with Crippen molar-refractivity contribution in [2.75, 3.05) is 5.32 Å². The fraction of sp³-hybridized carbons (Fsp3) is 0.583. The first kappa shape index (κ1) is 10.4. The molecule has 1 aromatic heterocycles. The van der Waals surface area contributed by atoms with E-state index in [-0.39, 0.29) is 0 Å². The first-order chi connectivity index (χ1) is 7.15. The standard InChI is InChI=1S/C12H19N3/c1-8-3-6-12(9(2)14-8)15-11-5-4-10(13)7-11/h3,6,10-11,15H,4-5,7,13H2,1-2H3. The molecule has 1 fully saturated rings. The highest BCUT2D eigenvalue weighted by atomic mass is 15.0. The van der Waals surface area contributed by atoms with Crippen LogP contribution < -0.4 is 11.1 Å². The van der Waals surface area contributed by atoms with Crippen LogP contribution in [0.2, 0.25) is 0 Å². The minimum atomic E-state index is 0.376. The zero-order valence-corrected chi connectivity index (χ0v) is 9.46. The highest BCUT2D eigenvalue weighted by Gasteiger charge is 2.21. The summed E-state index contributed by atoms with van der Waals surface area (Å²) < 4.78 is 0. The van der Waals surface area contributed by atoms with Crippen molar-refractivity contribution in [3.8, 4) is 0 Å². The van der Waals surface area contributed by atoms with Gasteiger partial charge in [0.25, 0.3) is 0 Å². The maximum atomic E-state index is 5.89. The first-order valence-corrected chi connectivity index (χ1v) is 5.61. The second kappa shape index (κ2) is 4.19. The second-order valence-corrected chi connectivity index (χ2v) is 4.50. The van der Waals surface area contributed by atoms with Gasteiger partial charge in [0.1, 0.15) is 0 Å².